The molecular formula is C27H24O10. The fourth-order valence-corrected chi connectivity index (χ4v) is 4.24. The molecule has 192 valence electrons. The second-order valence-corrected chi connectivity index (χ2v) is 8.63. The molecule has 0 saturated heterocycles. The number of carbonyl (C=O) groups is 2. The number of hydrogen-bond donors (Lipinski definition) is 6. The number of phenolic OH excluding ortho intramolecular Hbond substituents is 5. The van der Waals surface area contributed by atoms with E-state index < -0.39 is 35.8 Å². The van der Waals surface area contributed by atoms with Crippen LogP contribution < -0.4 is 4.74 Å². The van der Waals surface area contributed by atoms with E-state index in [1.54, 1.807) is 13.0 Å². The highest BCUT2D eigenvalue weighted by atomic mass is 16.5. The normalized spacial score (nSPS) is 17.2. The van der Waals surface area contributed by atoms with Crippen molar-refractivity contribution in [1.82, 2.24) is 0 Å². The highest BCUT2D eigenvalue weighted by Gasteiger charge is 2.43. The molecule has 0 amide bonds. The molecule has 3 atom stereocenters. The summed E-state index contributed by atoms with van der Waals surface area (Å²) in [6.45, 7) is 1.65. The van der Waals surface area contributed by atoms with Crippen LogP contribution in [0.25, 0.3) is 6.08 Å². The summed E-state index contributed by atoms with van der Waals surface area (Å²) in [6, 6.07) is 10.8. The molecule has 1 heterocycles. The number of aromatic hydroxyl groups is 5. The Morgan fingerprint density at radius 2 is 1.57 bits per heavy atom. The average Bonchev–Trinajstić information content (AvgIpc) is 3.25. The Balaban J connectivity index is 1.55. The van der Waals surface area contributed by atoms with E-state index in [2.05, 4.69) is 0 Å². The lowest BCUT2D eigenvalue weighted by molar-refractivity contribution is -0.142. The van der Waals surface area contributed by atoms with E-state index in [-0.39, 0.29) is 46.3 Å². The third-order valence-corrected chi connectivity index (χ3v) is 5.94. The SMILES string of the molecule is C[C@@H](Cc1ccc(O)c(O)c1)OC(=O)/C=C/c1ccc(O)c2c1C(C(=O)O)C(c1ccc(O)c(O)c1)O2. The van der Waals surface area contributed by atoms with Crippen molar-refractivity contribution >= 4 is 18.0 Å². The third kappa shape index (κ3) is 5.22. The number of carbonyl (C=O) groups excluding carboxylic acids is 1. The van der Waals surface area contributed by atoms with E-state index in [1.807, 2.05) is 0 Å². The fourth-order valence-electron chi connectivity index (χ4n) is 4.24. The molecule has 0 bridgehead atoms. The zero-order chi connectivity index (χ0) is 26.9. The van der Waals surface area contributed by atoms with Gasteiger partial charge in [0.05, 0.1) is 0 Å². The summed E-state index contributed by atoms with van der Waals surface area (Å²) in [5.41, 5.74) is 1.35. The maximum Gasteiger partial charge on any atom is 0.331 e. The predicted molar refractivity (Wildman–Crippen MR) is 130 cm³/mol. The first kappa shape index (κ1) is 25.2. The highest BCUT2D eigenvalue weighted by molar-refractivity contribution is 5.89. The molecule has 0 radical (unpaired) electrons. The van der Waals surface area contributed by atoms with Crippen LogP contribution in [-0.2, 0) is 20.7 Å². The van der Waals surface area contributed by atoms with E-state index in [9.17, 15) is 40.2 Å². The van der Waals surface area contributed by atoms with E-state index in [4.69, 9.17) is 9.47 Å². The number of carboxylic acids is 1. The molecular weight excluding hydrogens is 484 g/mol. The van der Waals surface area contributed by atoms with Crippen LogP contribution >= 0.6 is 0 Å². The molecule has 0 saturated carbocycles. The van der Waals surface area contributed by atoms with Crippen LogP contribution in [0.1, 0.15) is 41.2 Å². The Hall–Kier alpha value is -4.86. The molecule has 3 aromatic carbocycles. The van der Waals surface area contributed by atoms with Gasteiger partial charge < -0.3 is 40.1 Å². The molecule has 0 fully saturated rings. The Morgan fingerprint density at radius 3 is 2.22 bits per heavy atom. The number of fused-ring (bicyclic) bond motifs is 1. The van der Waals surface area contributed by atoms with Crippen LogP contribution in [0.2, 0.25) is 0 Å². The molecule has 2 unspecified atom stereocenters. The second kappa shape index (κ2) is 10.0. The quantitative estimate of drug-likeness (QED) is 0.157. The summed E-state index contributed by atoms with van der Waals surface area (Å²) in [5.74, 6) is -4.99. The van der Waals surface area contributed by atoms with Crippen molar-refractivity contribution in [3.63, 3.8) is 0 Å². The van der Waals surface area contributed by atoms with Gasteiger partial charge in [-0.15, -0.1) is 0 Å². The summed E-state index contributed by atoms with van der Waals surface area (Å²) >= 11 is 0. The average molecular weight is 508 g/mol. The second-order valence-electron chi connectivity index (χ2n) is 8.63. The summed E-state index contributed by atoms with van der Waals surface area (Å²) in [6.07, 6.45) is 1.06. The molecule has 4 rings (SSSR count). The van der Waals surface area contributed by atoms with Gasteiger partial charge in [-0.1, -0.05) is 18.2 Å². The maximum atomic E-state index is 12.4. The Bertz CT molecular complexity index is 1390. The van der Waals surface area contributed by atoms with Gasteiger partial charge in [-0.3, -0.25) is 4.79 Å². The maximum absolute atomic E-state index is 12.4. The Morgan fingerprint density at radius 1 is 0.919 bits per heavy atom. The van der Waals surface area contributed by atoms with Crippen molar-refractivity contribution in [1.29, 1.82) is 0 Å². The predicted octanol–water partition coefficient (Wildman–Crippen LogP) is 3.70. The number of benzene rings is 3. The van der Waals surface area contributed by atoms with E-state index in [0.29, 0.717) is 11.1 Å². The van der Waals surface area contributed by atoms with Gasteiger partial charge in [0, 0.05) is 18.1 Å². The highest BCUT2D eigenvalue weighted by Crippen LogP contribution is 2.52. The van der Waals surface area contributed by atoms with E-state index >= 15 is 0 Å². The van der Waals surface area contributed by atoms with Crippen LogP contribution in [0.15, 0.2) is 54.6 Å². The van der Waals surface area contributed by atoms with E-state index in [1.165, 1.54) is 48.5 Å². The molecule has 0 spiro atoms. The van der Waals surface area contributed by atoms with Gasteiger partial charge in [0.1, 0.15) is 18.1 Å². The van der Waals surface area contributed by atoms with Gasteiger partial charge in [0.15, 0.2) is 34.5 Å². The van der Waals surface area contributed by atoms with Crippen LogP contribution in [0, 0.1) is 0 Å². The number of aliphatic carboxylic acids is 1. The molecule has 1 aliphatic heterocycles. The summed E-state index contributed by atoms with van der Waals surface area (Å²) < 4.78 is 11.1. The zero-order valence-corrected chi connectivity index (χ0v) is 19.5. The first-order valence-electron chi connectivity index (χ1n) is 11.2. The molecule has 0 aliphatic carbocycles. The molecule has 37 heavy (non-hydrogen) atoms. The van der Waals surface area contributed by atoms with Crippen molar-refractivity contribution in [2.75, 3.05) is 0 Å². The minimum atomic E-state index is -1.29. The van der Waals surface area contributed by atoms with Crippen molar-refractivity contribution in [3.8, 4) is 34.5 Å². The summed E-state index contributed by atoms with van der Waals surface area (Å²) in [7, 11) is 0. The number of phenols is 5. The first-order chi connectivity index (χ1) is 17.5. The van der Waals surface area contributed by atoms with Crippen molar-refractivity contribution < 1.29 is 49.7 Å². The summed E-state index contributed by atoms with van der Waals surface area (Å²) in [5, 5.41) is 58.8. The molecule has 0 aromatic heterocycles. The number of hydrogen-bond acceptors (Lipinski definition) is 9. The lowest BCUT2D eigenvalue weighted by Gasteiger charge is -2.17. The van der Waals surface area contributed by atoms with E-state index in [0.717, 1.165) is 6.08 Å². The van der Waals surface area contributed by atoms with Crippen LogP contribution in [0.4, 0.5) is 0 Å². The lowest BCUT2D eigenvalue weighted by Crippen LogP contribution is -2.19. The molecule has 10 nitrogen and oxygen atoms in total. The fraction of sp³-hybridized carbons (Fsp3) is 0.185. The topological polar surface area (TPSA) is 174 Å². The number of rotatable bonds is 7. The monoisotopic (exact) mass is 508 g/mol. The van der Waals surface area contributed by atoms with Gasteiger partial charge in [-0.05, 0) is 60.0 Å². The van der Waals surface area contributed by atoms with Crippen molar-refractivity contribution in [2.45, 2.75) is 31.5 Å². The van der Waals surface area contributed by atoms with Gasteiger partial charge in [-0.25, -0.2) is 4.79 Å². The molecule has 3 aromatic rings. The van der Waals surface area contributed by atoms with Crippen LogP contribution in [-0.4, -0.2) is 48.7 Å². The Kier molecular flexibility index (Phi) is 6.83. The van der Waals surface area contributed by atoms with Gasteiger partial charge in [0.25, 0.3) is 0 Å². The summed E-state index contributed by atoms with van der Waals surface area (Å²) in [4.78, 5) is 24.7. The van der Waals surface area contributed by atoms with Crippen molar-refractivity contribution in [2.24, 2.45) is 0 Å². The van der Waals surface area contributed by atoms with Crippen LogP contribution in [0.5, 0.6) is 34.5 Å². The van der Waals surface area contributed by atoms with Crippen LogP contribution in [0.3, 0.4) is 0 Å². The number of carboxylic acid groups (broad SMARTS) is 1. The first-order valence-corrected chi connectivity index (χ1v) is 11.2. The van der Waals surface area contributed by atoms with Gasteiger partial charge >= 0.3 is 11.9 Å². The van der Waals surface area contributed by atoms with Gasteiger partial charge in [0.2, 0.25) is 0 Å². The Labute approximate surface area is 210 Å². The minimum absolute atomic E-state index is 0.0685. The molecule has 1 aliphatic rings. The number of esters is 1. The smallest absolute Gasteiger partial charge is 0.331 e. The number of ether oxygens (including phenoxy) is 2. The molecule has 6 N–H and O–H groups in total. The zero-order valence-electron chi connectivity index (χ0n) is 19.5. The lowest BCUT2D eigenvalue weighted by atomic mass is 9.88. The molecule has 10 heteroatoms. The minimum Gasteiger partial charge on any atom is -0.504 e. The van der Waals surface area contributed by atoms with Crippen molar-refractivity contribution in [3.05, 3.63) is 76.9 Å². The standard InChI is InChI=1S/C27H24O10/c1-13(10-14-2-6-17(28)20(31)11-14)36-22(33)9-5-15-3-8-19(30)26-23(15)24(27(34)35)25(37-26)16-4-7-18(29)21(32)12-16/h2-9,11-13,24-25,28-32H,10H2,1H3,(H,34,35)/b9-5+/t13-,24?,25?/m0/s1. The third-order valence-electron chi connectivity index (χ3n) is 5.94. The largest absolute Gasteiger partial charge is 0.504 e. The van der Waals surface area contributed by atoms with Gasteiger partial charge in [-0.2, -0.15) is 0 Å².